The average Bonchev–Trinajstić information content (AvgIpc) is 3.40. The van der Waals surface area contributed by atoms with Gasteiger partial charge in [0.25, 0.3) is 0 Å². The lowest BCUT2D eigenvalue weighted by molar-refractivity contribution is -0.147. The lowest BCUT2D eigenvalue weighted by Gasteiger charge is -2.39. The van der Waals surface area contributed by atoms with E-state index in [4.69, 9.17) is 19.2 Å². The Morgan fingerprint density at radius 3 is 2.63 bits per heavy atom. The number of esters is 1. The van der Waals surface area contributed by atoms with Crippen molar-refractivity contribution < 1.29 is 19.0 Å². The molecule has 0 N–H and O–H groups in total. The first kappa shape index (κ1) is 28.8. The number of anilines is 1. The molecule has 0 saturated carbocycles. The zero-order chi connectivity index (χ0) is 28.8. The predicted octanol–water partition coefficient (Wildman–Crippen LogP) is 4.17. The lowest BCUT2D eigenvalue weighted by Crippen LogP contribution is -2.40. The monoisotopic (exact) mass is 560 g/mol. The highest BCUT2D eigenvalue weighted by Gasteiger charge is 2.33. The molecule has 2 aliphatic heterocycles. The number of morpholine rings is 1. The molecule has 10 heteroatoms. The molecule has 0 spiro atoms. The molecule has 41 heavy (non-hydrogen) atoms. The van der Waals surface area contributed by atoms with E-state index in [0.717, 1.165) is 81.2 Å². The maximum atomic E-state index is 12.3. The Hall–Kier alpha value is -3.68. The number of piperidine rings is 1. The van der Waals surface area contributed by atoms with Crippen LogP contribution in [-0.4, -0.2) is 84.6 Å². The van der Waals surface area contributed by atoms with E-state index in [1.165, 1.54) is 0 Å². The fraction of sp³-hybridized carbons (Fsp3) is 0.548. The minimum Gasteiger partial charge on any atom is -0.491 e. The Morgan fingerprint density at radius 2 is 1.95 bits per heavy atom. The van der Waals surface area contributed by atoms with Crippen molar-refractivity contribution in [3.8, 4) is 22.9 Å². The van der Waals surface area contributed by atoms with Gasteiger partial charge in [0.1, 0.15) is 24.2 Å². The van der Waals surface area contributed by atoms with E-state index in [9.17, 15) is 10.1 Å². The van der Waals surface area contributed by atoms with Crippen molar-refractivity contribution in [3.05, 3.63) is 42.4 Å². The summed E-state index contributed by atoms with van der Waals surface area (Å²) >= 11 is 0. The number of nitrogens with zero attached hydrogens (tertiary/aromatic N) is 6. The van der Waals surface area contributed by atoms with Crippen LogP contribution in [0.3, 0.4) is 0 Å². The second-order valence-electron chi connectivity index (χ2n) is 11.8. The van der Waals surface area contributed by atoms with Crippen LogP contribution in [0.4, 0.5) is 5.82 Å². The molecule has 0 bridgehead atoms. The number of rotatable bonds is 10. The zero-order valence-corrected chi connectivity index (χ0v) is 24.3. The average molecular weight is 561 g/mol. The molecule has 3 aromatic heterocycles. The summed E-state index contributed by atoms with van der Waals surface area (Å²) in [6, 6.07) is 8.30. The van der Waals surface area contributed by atoms with Gasteiger partial charge in [-0.05, 0) is 42.4 Å². The largest absolute Gasteiger partial charge is 0.491 e. The van der Waals surface area contributed by atoms with Gasteiger partial charge in [-0.3, -0.25) is 9.69 Å². The number of carbonyl (C=O) groups is 1. The molecule has 10 nitrogen and oxygen atoms in total. The third kappa shape index (κ3) is 7.16. The molecular weight excluding hydrogens is 520 g/mol. The highest BCUT2D eigenvalue weighted by Crippen LogP contribution is 2.37. The lowest BCUT2D eigenvalue weighted by atomic mass is 9.77. The summed E-state index contributed by atoms with van der Waals surface area (Å²) in [6.45, 7) is 13.1. The zero-order valence-electron chi connectivity index (χ0n) is 24.3. The van der Waals surface area contributed by atoms with Crippen LogP contribution in [0.1, 0.15) is 45.6 Å². The van der Waals surface area contributed by atoms with Crippen LogP contribution in [0.2, 0.25) is 0 Å². The molecule has 3 aromatic rings. The Labute approximate surface area is 241 Å². The minimum atomic E-state index is -0.104. The topological polar surface area (TPSA) is 105 Å². The number of hydrogen-bond donors (Lipinski definition) is 0. The second kappa shape index (κ2) is 12.9. The number of aromatic nitrogens is 3. The first-order valence-corrected chi connectivity index (χ1v) is 14.5. The molecule has 0 amide bonds. The van der Waals surface area contributed by atoms with E-state index >= 15 is 0 Å². The predicted molar refractivity (Wildman–Crippen MR) is 156 cm³/mol. The molecule has 0 unspecified atom stereocenters. The standard InChI is InChI=1S/C31H40N6O4/c1-23(2)22-41-29(38)17-31(3)6-8-36(9-7-31)28-5-4-24(19-33-28)27-16-26(21-37-30(27)25(18-32)20-34-37)40-15-12-35-10-13-39-14-11-35/h4-5,16,19-21,23H,6-15,17,22H2,1-3H3. The number of carbonyl (C=O) groups excluding carboxylic acids is 1. The SMILES string of the molecule is CC(C)COC(=O)CC1(C)CCN(c2ccc(-c3cc(OCCN4CCOCC4)cn4ncc(C#N)c34)cn2)CC1. The van der Waals surface area contributed by atoms with Crippen molar-refractivity contribution in [2.75, 3.05) is 64.1 Å². The molecule has 5 heterocycles. The summed E-state index contributed by atoms with van der Waals surface area (Å²) in [5.74, 6) is 1.84. The van der Waals surface area contributed by atoms with E-state index in [0.29, 0.717) is 36.9 Å². The number of ether oxygens (including phenoxy) is 3. The summed E-state index contributed by atoms with van der Waals surface area (Å²) in [5, 5.41) is 14.1. The smallest absolute Gasteiger partial charge is 0.306 e. The molecular formula is C31H40N6O4. The van der Waals surface area contributed by atoms with Gasteiger partial charge in [0.2, 0.25) is 0 Å². The maximum Gasteiger partial charge on any atom is 0.306 e. The Bertz CT molecular complexity index is 1370. The van der Waals surface area contributed by atoms with E-state index in [1.54, 1.807) is 10.7 Å². The Morgan fingerprint density at radius 1 is 1.17 bits per heavy atom. The molecule has 0 radical (unpaired) electrons. The van der Waals surface area contributed by atoms with Gasteiger partial charge in [0.05, 0.1) is 49.7 Å². The van der Waals surface area contributed by atoms with Crippen molar-refractivity contribution in [2.45, 2.75) is 40.0 Å². The van der Waals surface area contributed by atoms with Crippen LogP contribution in [-0.2, 0) is 14.3 Å². The number of fused-ring (bicyclic) bond motifs is 1. The fourth-order valence-electron chi connectivity index (χ4n) is 5.44. The summed E-state index contributed by atoms with van der Waals surface area (Å²) in [6.07, 6.45) is 7.52. The molecule has 2 aliphatic rings. The van der Waals surface area contributed by atoms with Crippen LogP contribution in [0, 0.1) is 22.7 Å². The Balaban J connectivity index is 1.26. The number of nitriles is 1. The van der Waals surface area contributed by atoms with Crippen LogP contribution >= 0.6 is 0 Å². The van der Waals surface area contributed by atoms with Crippen LogP contribution in [0.25, 0.3) is 16.6 Å². The molecule has 0 atom stereocenters. The molecule has 2 saturated heterocycles. The van der Waals surface area contributed by atoms with Crippen molar-refractivity contribution in [1.29, 1.82) is 5.26 Å². The summed E-state index contributed by atoms with van der Waals surface area (Å²) in [4.78, 5) is 21.7. The van der Waals surface area contributed by atoms with Gasteiger partial charge >= 0.3 is 5.97 Å². The van der Waals surface area contributed by atoms with Gasteiger partial charge in [0, 0.05) is 50.0 Å². The summed E-state index contributed by atoms with van der Waals surface area (Å²) in [5.41, 5.74) is 2.93. The Kier molecular flexibility index (Phi) is 9.06. The van der Waals surface area contributed by atoms with Gasteiger partial charge in [-0.15, -0.1) is 0 Å². The van der Waals surface area contributed by atoms with E-state index in [1.807, 2.05) is 44.4 Å². The van der Waals surface area contributed by atoms with Gasteiger partial charge in [0.15, 0.2) is 0 Å². The van der Waals surface area contributed by atoms with Crippen molar-refractivity contribution in [3.63, 3.8) is 0 Å². The van der Waals surface area contributed by atoms with E-state index in [2.05, 4.69) is 27.9 Å². The minimum absolute atomic E-state index is 0.0615. The van der Waals surface area contributed by atoms with Crippen LogP contribution in [0.15, 0.2) is 36.8 Å². The van der Waals surface area contributed by atoms with Crippen LogP contribution in [0.5, 0.6) is 5.75 Å². The highest BCUT2D eigenvalue weighted by atomic mass is 16.5. The van der Waals surface area contributed by atoms with Crippen molar-refractivity contribution >= 4 is 17.3 Å². The summed E-state index contributed by atoms with van der Waals surface area (Å²) < 4.78 is 18.7. The third-order valence-corrected chi connectivity index (χ3v) is 7.99. The van der Waals surface area contributed by atoms with Crippen molar-refractivity contribution in [2.24, 2.45) is 11.3 Å². The van der Waals surface area contributed by atoms with Crippen LogP contribution < -0.4 is 9.64 Å². The van der Waals surface area contributed by atoms with Gasteiger partial charge < -0.3 is 19.1 Å². The maximum absolute atomic E-state index is 12.3. The highest BCUT2D eigenvalue weighted by molar-refractivity contribution is 5.85. The molecule has 0 aromatic carbocycles. The molecule has 0 aliphatic carbocycles. The first-order chi connectivity index (χ1) is 19.8. The third-order valence-electron chi connectivity index (χ3n) is 7.99. The first-order valence-electron chi connectivity index (χ1n) is 14.5. The summed E-state index contributed by atoms with van der Waals surface area (Å²) in [7, 11) is 0. The van der Waals surface area contributed by atoms with Gasteiger partial charge in [-0.2, -0.15) is 10.4 Å². The van der Waals surface area contributed by atoms with Gasteiger partial charge in [-0.25, -0.2) is 9.50 Å². The van der Waals surface area contributed by atoms with E-state index in [-0.39, 0.29) is 11.4 Å². The fourth-order valence-corrected chi connectivity index (χ4v) is 5.44. The van der Waals surface area contributed by atoms with Gasteiger partial charge in [-0.1, -0.05) is 20.8 Å². The number of hydrogen-bond acceptors (Lipinski definition) is 9. The molecule has 218 valence electrons. The molecule has 2 fully saturated rings. The normalized spacial score (nSPS) is 17.5. The van der Waals surface area contributed by atoms with Crippen molar-refractivity contribution in [1.82, 2.24) is 19.5 Å². The van der Waals surface area contributed by atoms with E-state index < -0.39 is 0 Å². The second-order valence-corrected chi connectivity index (χ2v) is 11.8. The molecule has 5 rings (SSSR count). The number of pyridine rings is 2. The quantitative estimate of drug-likeness (QED) is 0.338.